The van der Waals surface area contributed by atoms with Crippen LogP contribution in [-0.4, -0.2) is 34.3 Å². The molecule has 0 aliphatic heterocycles. The zero-order valence-corrected chi connectivity index (χ0v) is 18.0. The number of ether oxygens (including phenoxy) is 4. The average molecular weight is 422 g/mol. The molecule has 0 heterocycles. The summed E-state index contributed by atoms with van der Waals surface area (Å²) in [5, 5.41) is 6.23. The van der Waals surface area contributed by atoms with Crippen LogP contribution in [0.25, 0.3) is 0 Å². The third kappa shape index (κ3) is 5.19. The number of nitrogens with one attached hydrogen (secondary N) is 2. The molecule has 0 saturated carbocycles. The van der Waals surface area contributed by atoms with Crippen LogP contribution in [-0.2, 0) is 4.79 Å². The number of benzene rings is 3. The van der Waals surface area contributed by atoms with Crippen molar-refractivity contribution >= 4 is 17.3 Å². The van der Waals surface area contributed by atoms with Gasteiger partial charge in [-0.05, 0) is 17.7 Å². The van der Waals surface area contributed by atoms with Crippen molar-refractivity contribution in [3.05, 3.63) is 72.3 Å². The van der Waals surface area contributed by atoms with E-state index in [-0.39, 0.29) is 5.91 Å². The summed E-state index contributed by atoms with van der Waals surface area (Å²) >= 11 is 0. The molecule has 31 heavy (non-hydrogen) atoms. The van der Waals surface area contributed by atoms with Crippen molar-refractivity contribution < 1.29 is 23.7 Å². The van der Waals surface area contributed by atoms with Crippen LogP contribution in [0.4, 0.5) is 11.4 Å². The van der Waals surface area contributed by atoms with E-state index in [2.05, 4.69) is 10.6 Å². The topological polar surface area (TPSA) is 78.1 Å². The maximum atomic E-state index is 13.2. The highest BCUT2D eigenvalue weighted by atomic mass is 16.5. The first kappa shape index (κ1) is 21.8. The van der Waals surface area contributed by atoms with E-state index >= 15 is 0 Å². The van der Waals surface area contributed by atoms with Crippen LogP contribution >= 0.6 is 0 Å². The van der Waals surface area contributed by atoms with Crippen LogP contribution in [0.1, 0.15) is 11.6 Å². The number of rotatable bonds is 9. The maximum absolute atomic E-state index is 13.2. The standard InChI is InChI=1S/C24H26N2O5/c1-28-19-12-8-11-17(13-19)26-24(27)22(16-9-6-5-7-10-16)25-18-14-20(29-2)23(31-4)21(15-18)30-3/h5-15,22,25H,1-4H3,(H,26,27)/t22-/m0/s1. The number of anilines is 2. The summed E-state index contributed by atoms with van der Waals surface area (Å²) in [6.45, 7) is 0. The van der Waals surface area contributed by atoms with Crippen molar-refractivity contribution in [3.8, 4) is 23.0 Å². The summed E-state index contributed by atoms with van der Waals surface area (Å²) in [6.07, 6.45) is 0. The summed E-state index contributed by atoms with van der Waals surface area (Å²) in [5.74, 6) is 1.89. The van der Waals surface area contributed by atoms with Gasteiger partial charge in [-0.2, -0.15) is 0 Å². The van der Waals surface area contributed by atoms with Gasteiger partial charge in [0.15, 0.2) is 11.5 Å². The Morgan fingerprint density at radius 1 is 0.742 bits per heavy atom. The van der Waals surface area contributed by atoms with Gasteiger partial charge < -0.3 is 29.6 Å². The molecule has 3 aromatic carbocycles. The molecule has 162 valence electrons. The highest BCUT2D eigenvalue weighted by molar-refractivity contribution is 5.97. The van der Waals surface area contributed by atoms with Crippen LogP contribution < -0.4 is 29.6 Å². The lowest BCUT2D eigenvalue weighted by Gasteiger charge is -2.22. The van der Waals surface area contributed by atoms with Gasteiger partial charge >= 0.3 is 0 Å². The van der Waals surface area contributed by atoms with Gasteiger partial charge in [0, 0.05) is 29.6 Å². The molecule has 2 N–H and O–H groups in total. The summed E-state index contributed by atoms with van der Waals surface area (Å²) in [7, 11) is 6.22. The highest BCUT2D eigenvalue weighted by Gasteiger charge is 2.22. The van der Waals surface area contributed by atoms with Crippen molar-refractivity contribution in [1.82, 2.24) is 0 Å². The Kier molecular flexibility index (Phi) is 7.22. The molecule has 1 atom stereocenters. The molecule has 7 nitrogen and oxygen atoms in total. The van der Waals surface area contributed by atoms with Crippen LogP contribution in [0.2, 0.25) is 0 Å². The van der Waals surface area contributed by atoms with Crippen molar-refractivity contribution in [2.45, 2.75) is 6.04 Å². The Morgan fingerprint density at radius 3 is 2.00 bits per heavy atom. The number of methoxy groups -OCH3 is 4. The van der Waals surface area contributed by atoms with Gasteiger partial charge in [0.25, 0.3) is 5.91 Å². The van der Waals surface area contributed by atoms with Crippen molar-refractivity contribution in [1.29, 1.82) is 0 Å². The van der Waals surface area contributed by atoms with Crippen LogP contribution in [0.5, 0.6) is 23.0 Å². The molecule has 0 fully saturated rings. The van der Waals surface area contributed by atoms with E-state index in [1.165, 1.54) is 0 Å². The monoisotopic (exact) mass is 422 g/mol. The minimum Gasteiger partial charge on any atom is -0.497 e. The molecule has 0 bridgehead atoms. The van der Waals surface area contributed by atoms with Crippen molar-refractivity contribution in [2.75, 3.05) is 39.1 Å². The maximum Gasteiger partial charge on any atom is 0.251 e. The second-order valence-electron chi connectivity index (χ2n) is 6.62. The van der Waals surface area contributed by atoms with Gasteiger partial charge in [-0.3, -0.25) is 4.79 Å². The van der Waals surface area contributed by atoms with Gasteiger partial charge in [0.05, 0.1) is 28.4 Å². The molecule has 0 aromatic heterocycles. The number of hydrogen-bond acceptors (Lipinski definition) is 6. The summed E-state index contributed by atoms with van der Waals surface area (Å²) in [5.41, 5.74) is 2.08. The molecule has 3 aromatic rings. The molecule has 3 rings (SSSR count). The molecule has 0 unspecified atom stereocenters. The number of amides is 1. The van der Waals surface area contributed by atoms with Crippen LogP contribution in [0, 0.1) is 0 Å². The van der Waals surface area contributed by atoms with E-state index < -0.39 is 6.04 Å². The Balaban J connectivity index is 1.94. The highest BCUT2D eigenvalue weighted by Crippen LogP contribution is 2.40. The molecule has 0 aliphatic carbocycles. The largest absolute Gasteiger partial charge is 0.497 e. The lowest BCUT2D eigenvalue weighted by atomic mass is 10.1. The van der Waals surface area contributed by atoms with Gasteiger partial charge in [0.2, 0.25) is 5.75 Å². The van der Waals surface area contributed by atoms with Crippen molar-refractivity contribution in [2.24, 2.45) is 0 Å². The minimum atomic E-state index is -0.671. The van der Waals surface area contributed by atoms with E-state index in [0.717, 1.165) is 5.56 Å². The first-order chi connectivity index (χ1) is 15.1. The second-order valence-corrected chi connectivity index (χ2v) is 6.62. The number of carbonyl (C=O) groups excluding carboxylic acids is 1. The number of carbonyl (C=O) groups is 1. The fourth-order valence-corrected chi connectivity index (χ4v) is 3.19. The van der Waals surface area contributed by atoms with Gasteiger partial charge in [0.1, 0.15) is 11.8 Å². The molecule has 0 radical (unpaired) electrons. The molecular weight excluding hydrogens is 396 g/mol. The summed E-state index contributed by atoms with van der Waals surface area (Å²) < 4.78 is 21.5. The fourth-order valence-electron chi connectivity index (χ4n) is 3.19. The Bertz CT molecular complexity index is 998. The quantitative estimate of drug-likeness (QED) is 0.528. The van der Waals surface area contributed by atoms with Gasteiger partial charge in [-0.1, -0.05) is 36.4 Å². The van der Waals surface area contributed by atoms with E-state index in [0.29, 0.717) is 34.4 Å². The summed E-state index contributed by atoms with van der Waals surface area (Å²) in [6, 6.07) is 19.5. The SMILES string of the molecule is COc1cccc(NC(=O)[C@@H](Nc2cc(OC)c(OC)c(OC)c2)c2ccccc2)c1. The Hall–Kier alpha value is -3.87. The lowest BCUT2D eigenvalue weighted by molar-refractivity contribution is -0.117. The molecule has 1 amide bonds. The molecule has 0 saturated heterocycles. The average Bonchev–Trinajstić information content (AvgIpc) is 2.82. The predicted molar refractivity (Wildman–Crippen MR) is 121 cm³/mol. The Morgan fingerprint density at radius 2 is 1.42 bits per heavy atom. The number of hydrogen-bond donors (Lipinski definition) is 2. The van der Waals surface area contributed by atoms with Crippen LogP contribution in [0.15, 0.2) is 66.7 Å². The van der Waals surface area contributed by atoms with E-state index in [1.54, 1.807) is 46.6 Å². The second kappa shape index (κ2) is 10.2. The third-order valence-electron chi connectivity index (χ3n) is 4.71. The molecule has 7 heteroatoms. The zero-order valence-electron chi connectivity index (χ0n) is 18.0. The first-order valence-electron chi connectivity index (χ1n) is 9.66. The van der Waals surface area contributed by atoms with E-state index in [9.17, 15) is 4.79 Å². The van der Waals surface area contributed by atoms with E-state index in [1.807, 2.05) is 48.5 Å². The van der Waals surface area contributed by atoms with Gasteiger partial charge in [-0.15, -0.1) is 0 Å². The molecular formula is C24H26N2O5. The third-order valence-corrected chi connectivity index (χ3v) is 4.71. The van der Waals surface area contributed by atoms with Gasteiger partial charge in [-0.25, -0.2) is 0 Å². The van der Waals surface area contributed by atoms with Crippen LogP contribution in [0.3, 0.4) is 0 Å². The smallest absolute Gasteiger partial charge is 0.251 e. The summed E-state index contributed by atoms with van der Waals surface area (Å²) in [4.78, 5) is 13.2. The molecule has 0 aliphatic rings. The Labute approximate surface area is 181 Å². The zero-order chi connectivity index (χ0) is 22.2. The lowest BCUT2D eigenvalue weighted by Crippen LogP contribution is -2.27. The minimum absolute atomic E-state index is 0.229. The predicted octanol–water partition coefficient (Wildman–Crippen LogP) is 4.51. The molecule has 0 spiro atoms. The van der Waals surface area contributed by atoms with Crippen molar-refractivity contribution in [3.63, 3.8) is 0 Å². The normalized spacial score (nSPS) is 11.2. The fraction of sp³-hybridized carbons (Fsp3) is 0.208. The first-order valence-corrected chi connectivity index (χ1v) is 9.66. The van der Waals surface area contributed by atoms with E-state index in [4.69, 9.17) is 18.9 Å².